The minimum absolute atomic E-state index is 0.555. The van der Waals surface area contributed by atoms with E-state index in [4.69, 9.17) is 9.47 Å². The van der Waals surface area contributed by atoms with Crippen molar-refractivity contribution in [3.05, 3.63) is 23.9 Å². The van der Waals surface area contributed by atoms with Crippen LogP contribution in [0.4, 0.5) is 0 Å². The van der Waals surface area contributed by atoms with Gasteiger partial charge in [-0.2, -0.15) is 0 Å². The van der Waals surface area contributed by atoms with Gasteiger partial charge in [-0.15, -0.1) is 0 Å². The number of H-pyrrole nitrogens is 1. The zero-order valence-corrected chi connectivity index (χ0v) is 14.6. The lowest BCUT2D eigenvalue weighted by molar-refractivity contribution is 0.177. The second kappa shape index (κ2) is 7.05. The van der Waals surface area contributed by atoms with E-state index < -0.39 is 0 Å². The fraction of sp³-hybridized carbons (Fsp3) is 0.556. The molecule has 0 fully saturated rings. The summed E-state index contributed by atoms with van der Waals surface area (Å²) in [5.41, 5.74) is 2.41. The number of hydrogen-bond donors (Lipinski definition) is 1. The summed E-state index contributed by atoms with van der Waals surface area (Å²) in [6.45, 7) is 10.1. The standard InChI is InChI=1S/C18H28N2O2/c1-12(2)20(13(3)4)8-7-14-11-19-16-10-18(22-6)17(21-5)9-15(14)16/h9-13,19H,7-8H2,1-6H3. The number of hydrogen-bond acceptors (Lipinski definition) is 3. The molecule has 0 atom stereocenters. The molecule has 0 bridgehead atoms. The van der Waals surface area contributed by atoms with Gasteiger partial charge in [-0.1, -0.05) is 0 Å². The van der Waals surface area contributed by atoms with Crippen LogP contribution >= 0.6 is 0 Å². The van der Waals surface area contributed by atoms with E-state index in [9.17, 15) is 0 Å². The lowest BCUT2D eigenvalue weighted by atomic mass is 10.1. The molecule has 22 heavy (non-hydrogen) atoms. The van der Waals surface area contributed by atoms with Crippen LogP contribution in [0.25, 0.3) is 10.9 Å². The maximum Gasteiger partial charge on any atom is 0.162 e. The predicted octanol–water partition coefficient (Wildman–Crippen LogP) is 3.85. The van der Waals surface area contributed by atoms with Gasteiger partial charge in [0, 0.05) is 41.8 Å². The van der Waals surface area contributed by atoms with Gasteiger partial charge < -0.3 is 14.5 Å². The molecule has 0 amide bonds. The Bertz CT molecular complexity index is 609. The summed E-state index contributed by atoms with van der Waals surface area (Å²) in [6.07, 6.45) is 3.12. The number of ether oxygens (including phenoxy) is 2. The quantitative estimate of drug-likeness (QED) is 0.844. The first-order chi connectivity index (χ1) is 10.5. The van der Waals surface area contributed by atoms with Gasteiger partial charge in [-0.25, -0.2) is 0 Å². The van der Waals surface area contributed by atoms with Crippen LogP contribution in [0.15, 0.2) is 18.3 Å². The van der Waals surface area contributed by atoms with E-state index >= 15 is 0 Å². The zero-order chi connectivity index (χ0) is 16.3. The molecule has 0 unspecified atom stereocenters. The summed E-state index contributed by atoms with van der Waals surface area (Å²) in [6, 6.07) is 5.18. The van der Waals surface area contributed by atoms with E-state index in [1.165, 1.54) is 10.9 Å². The van der Waals surface area contributed by atoms with E-state index in [1.807, 2.05) is 6.07 Å². The summed E-state index contributed by atoms with van der Waals surface area (Å²) in [5, 5.41) is 1.21. The van der Waals surface area contributed by atoms with Crippen LogP contribution in [0, 0.1) is 0 Å². The predicted molar refractivity (Wildman–Crippen MR) is 92.1 cm³/mol. The monoisotopic (exact) mass is 304 g/mol. The van der Waals surface area contributed by atoms with Crippen LogP contribution in [0.3, 0.4) is 0 Å². The molecule has 4 nitrogen and oxygen atoms in total. The molecule has 0 radical (unpaired) electrons. The lowest BCUT2D eigenvalue weighted by Gasteiger charge is -2.30. The van der Waals surface area contributed by atoms with Gasteiger partial charge in [0.05, 0.1) is 14.2 Å². The molecule has 0 aliphatic rings. The Morgan fingerprint density at radius 1 is 1.00 bits per heavy atom. The van der Waals surface area contributed by atoms with Crippen molar-refractivity contribution in [2.24, 2.45) is 0 Å². The van der Waals surface area contributed by atoms with Gasteiger partial charge >= 0.3 is 0 Å². The second-order valence-corrected chi connectivity index (χ2v) is 6.24. The van der Waals surface area contributed by atoms with E-state index in [0.717, 1.165) is 30.0 Å². The summed E-state index contributed by atoms with van der Waals surface area (Å²) in [4.78, 5) is 5.86. The molecular formula is C18H28N2O2. The van der Waals surface area contributed by atoms with Gasteiger partial charge in [-0.05, 0) is 45.7 Å². The Kier molecular flexibility index (Phi) is 5.35. The lowest BCUT2D eigenvalue weighted by Crippen LogP contribution is -2.38. The van der Waals surface area contributed by atoms with E-state index in [2.05, 4.69) is 49.8 Å². The molecule has 1 N–H and O–H groups in total. The molecule has 122 valence electrons. The third-order valence-corrected chi connectivity index (χ3v) is 4.24. The SMILES string of the molecule is COc1cc2[nH]cc(CCN(C(C)C)C(C)C)c2cc1OC. The zero-order valence-electron chi connectivity index (χ0n) is 14.6. The minimum atomic E-state index is 0.555. The third-order valence-electron chi connectivity index (χ3n) is 4.24. The minimum Gasteiger partial charge on any atom is -0.493 e. The van der Waals surface area contributed by atoms with Gasteiger partial charge in [0.25, 0.3) is 0 Å². The highest BCUT2D eigenvalue weighted by atomic mass is 16.5. The van der Waals surface area contributed by atoms with Crippen molar-refractivity contribution in [2.75, 3.05) is 20.8 Å². The molecule has 1 aromatic heterocycles. The molecule has 0 spiro atoms. The number of rotatable bonds is 7. The fourth-order valence-electron chi connectivity index (χ4n) is 3.08. The highest BCUT2D eigenvalue weighted by Gasteiger charge is 2.15. The maximum atomic E-state index is 5.42. The van der Waals surface area contributed by atoms with Crippen LogP contribution in [-0.4, -0.2) is 42.7 Å². The number of fused-ring (bicyclic) bond motifs is 1. The van der Waals surface area contributed by atoms with Crippen molar-refractivity contribution in [3.8, 4) is 11.5 Å². The molecular weight excluding hydrogens is 276 g/mol. The van der Waals surface area contributed by atoms with Crippen molar-refractivity contribution in [3.63, 3.8) is 0 Å². The Morgan fingerprint density at radius 3 is 2.14 bits per heavy atom. The van der Waals surface area contributed by atoms with Gasteiger partial charge in [-0.3, -0.25) is 4.90 Å². The van der Waals surface area contributed by atoms with Crippen LogP contribution < -0.4 is 9.47 Å². The van der Waals surface area contributed by atoms with Crippen molar-refractivity contribution in [2.45, 2.75) is 46.2 Å². The number of aromatic amines is 1. The van der Waals surface area contributed by atoms with E-state index in [1.54, 1.807) is 14.2 Å². The van der Waals surface area contributed by atoms with E-state index in [0.29, 0.717) is 12.1 Å². The van der Waals surface area contributed by atoms with Crippen LogP contribution in [0.5, 0.6) is 11.5 Å². The molecule has 1 aromatic carbocycles. The smallest absolute Gasteiger partial charge is 0.162 e. The van der Waals surface area contributed by atoms with Gasteiger partial charge in [0.1, 0.15) is 0 Å². The van der Waals surface area contributed by atoms with Gasteiger partial charge in [0.2, 0.25) is 0 Å². The van der Waals surface area contributed by atoms with Crippen molar-refractivity contribution >= 4 is 10.9 Å². The summed E-state index contributed by atoms with van der Waals surface area (Å²) >= 11 is 0. The van der Waals surface area contributed by atoms with Crippen LogP contribution in [-0.2, 0) is 6.42 Å². The Morgan fingerprint density at radius 2 is 1.59 bits per heavy atom. The molecule has 0 saturated carbocycles. The molecule has 2 rings (SSSR count). The van der Waals surface area contributed by atoms with Crippen molar-refractivity contribution < 1.29 is 9.47 Å². The van der Waals surface area contributed by atoms with Crippen LogP contribution in [0.1, 0.15) is 33.3 Å². The van der Waals surface area contributed by atoms with Gasteiger partial charge in [0.15, 0.2) is 11.5 Å². The molecule has 2 aromatic rings. The summed E-state index contributed by atoms with van der Waals surface area (Å²) < 4.78 is 10.8. The number of aromatic nitrogens is 1. The molecule has 0 aliphatic carbocycles. The second-order valence-electron chi connectivity index (χ2n) is 6.24. The Labute approximate surface area is 133 Å². The first-order valence-corrected chi connectivity index (χ1v) is 7.95. The summed E-state index contributed by atoms with van der Waals surface area (Å²) in [7, 11) is 3.34. The van der Waals surface area contributed by atoms with Crippen LogP contribution in [0.2, 0.25) is 0 Å². The van der Waals surface area contributed by atoms with E-state index in [-0.39, 0.29) is 0 Å². The highest BCUT2D eigenvalue weighted by molar-refractivity contribution is 5.86. The third kappa shape index (κ3) is 3.38. The van der Waals surface area contributed by atoms with Crippen molar-refractivity contribution in [1.29, 1.82) is 0 Å². The molecule has 4 heteroatoms. The number of nitrogens with zero attached hydrogens (tertiary/aromatic N) is 1. The first kappa shape index (κ1) is 16.7. The average Bonchev–Trinajstić information content (AvgIpc) is 2.87. The topological polar surface area (TPSA) is 37.5 Å². The maximum absolute atomic E-state index is 5.42. The Hall–Kier alpha value is -1.68. The Balaban J connectivity index is 2.25. The molecule has 0 aliphatic heterocycles. The fourth-order valence-corrected chi connectivity index (χ4v) is 3.08. The normalized spacial score (nSPS) is 11.9. The number of benzene rings is 1. The van der Waals surface area contributed by atoms with Crippen molar-refractivity contribution in [1.82, 2.24) is 9.88 Å². The molecule has 0 saturated heterocycles. The number of nitrogens with one attached hydrogen (secondary N) is 1. The summed E-state index contributed by atoms with van der Waals surface area (Å²) in [5.74, 6) is 1.54. The molecule has 1 heterocycles. The average molecular weight is 304 g/mol. The highest BCUT2D eigenvalue weighted by Crippen LogP contribution is 2.33. The number of methoxy groups -OCH3 is 2. The first-order valence-electron chi connectivity index (χ1n) is 7.95. The largest absolute Gasteiger partial charge is 0.493 e.